The van der Waals surface area contributed by atoms with Gasteiger partial charge in [0, 0.05) is 40.4 Å². The van der Waals surface area contributed by atoms with Crippen LogP contribution in [-0.2, 0) is 9.53 Å². The second kappa shape index (κ2) is 13.1. The summed E-state index contributed by atoms with van der Waals surface area (Å²) >= 11 is 6.50. The van der Waals surface area contributed by atoms with Gasteiger partial charge in [0.2, 0.25) is 0 Å². The molecule has 0 aliphatic carbocycles. The van der Waals surface area contributed by atoms with Crippen LogP contribution in [0.2, 0.25) is 5.02 Å². The van der Waals surface area contributed by atoms with Gasteiger partial charge in [0.25, 0.3) is 0 Å². The first-order chi connectivity index (χ1) is 14.6. The molecule has 1 atom stereocenters. The third-order valence-corrected chi connectivity index (χ3v) is 4.81. The van der Waals surface area contributed by atoms with E-state index in [4.69, 9.17) is 26.9 Å². The lowest BCUT2D eigenvalue weighted by Gasteiger charge is -2.40. The number of halogens is 3. The summed E-state index contributed by atoms with van der Waals surface area (Å²) in [6, 6.07) is 17.4. The molecule has 0 aromatic heterocycles. The molecule has 1 unspecified atom stereocenters. The number of piperazine rings is 1. The van der Waals surface area contributed by atoms with Crippen molar-refractivity contribution in [2.24, 2.45) is 0 Å². The maximum absolute atomic E-state index is 10.7. The van der Waals surface area contributed by atoms with Gasteiger partial charge in [0.05, 0.1) is 15.3 Å². The molecule has 1 aliphatic heterocycles. The summed E-state index contributed by atoms with van der Waals surface area (Å²) in [5.74, 6) is -1.35. The van der Waals surface area contributed by atoms with Gasteiger partial charge < -0.3 is 9.84 Å². The van der Waals surface area contributed by atoms with Crippen molar-refractivity contribution >= 4 is 42.4 Å². The van der Waals surface area contributed by atoms with E-state index in [1.54, 1.807) is 0 Å². The van der Waals surface area contributed by atoms with Crippen LogP contribution in [0.3, 0.4) is 0 Å². The average Bonchev–Trinajstić information content (AvgIpc) is 2.75. The van der Waals surface area contributed by atoms with E-state index in [-0.39, 0.29) is 43.9 Å². The summed E-state index contributed by atoms with van der Waals surface area (Å²) in [4.78, 5) is 14.3. The van der Waals surface area contributed by atoms with Gasteiger partial charge in [-0.25, -0.2) is 4.79 Å². The number of benzene rings is 2. The molecule has 160 valence electrons. The van der Waals surface area contributed by atoms with Crippen LogP contribution < -0.4 is 0 Å². The second-order valence-corrected chi connectivity index (χ2v) is 6.66. The van der Waals surface area contributed by atoms with Gasteiger partial charge in [-0.1, -0.05) is 60.1 Å². The van der Waals surface area contributed by atoms with Crippen LogP contribution in [0.25, 0.3) is 0 Å². The van der Waals surface area contributed by atoms with Crippen LogP contribution in [0, 0.1) is 0 Å². The lowest BCUT2D eigenvalue weighted by molar-refractivity contribution is -0.142. The Morgan fingerprint density at radius 3 is 2.31 bits per heavy atom. The first kappa shape index (κ1) is 19.6. The molecule has 2 aromatic carbocycles. The van der Waals surface area contributed by atoms with Crippen LogP contribution in [-0.4, -0.2) is 66.7 Å². The normalized spacial score (nSPS) is 18.8. The molecule has 1 N–H and O–H groups in total. The molecule has 1 aliphatic rings. The molecule has 8 heteroatoms. The monoisotopic (exact) mass is 464 g/mol. The molecule has 0 amide bonds. The molecular weight excluding hydrogens is 435 g/mol. The van der Waals surface area contributed by atoms with Crippen molar-refractivity contribution < 1.29 is 20.1 Å². The summed E-state index contributed by atoms with van der Waals surface area (Å²) in [5, 5.41) is 9.39. The van der Waals surface area contributed by atoms with Gasteiger partial charge in [-0.15, -0.1) is 24.8 Å². The minimum absolute atomic E-state index is 0. The van der Waals surface area contributed by atoms with Crippen LogP contribution >= 0.6 is 36.4 Å². The smallest absolute Gasteiger partial charge is 0.329 e. The predicted octanol–water partition coefficient (Wildman–Crippen LogP) is 3.99. The number of nitrogens with zero attached hydrogens (tertiary/aromatic N) is 2. The van der Waals surface area contributed by atoms with Crippen molar-refractivity contribution in [1.82, 2.24) is 9.80 Å². The average molecular weight is 466 g/mol. The Kier molecular flexibility index (Phi) is 8.83. The standard InChI is InChI=1S/C21H25ClN2O3.2ClH/c22-19-9-5-4-8-18(19)21(17-6-2-1-3-7-17)24-12-10-23(11-13-24)14-15-27-16-20(25)26;;/h1-9,21H,10-16H2,(H,25,26);2*1H/i14D2,15D2;;. The van der Waals surface area contributed by atoms with Crippen LogP contribution in [0.5, 0.6) is 0 Å². The molecule has 0 radical (unpaired) electrons. The van der Waals surface area contributed by atoms with E-state index in [0.717, 1.165) is 11.1 Å². The Morgan fingerprint density at radius 2 is 1.69 bits per heavy atom. The minimum Gasteiger partial charge on any atom is -0.480 e. The number of hydrogen-bond acceptors (Lipinski definition) is 4. The zero-order chi connectivity index (χ0) is 22.6. The van der Waals surface area contributed by atoms with E-state index in [2.05, 4.69) is 4.90 Å². The number of rotatable bonds is 8. The molecule has 0 bridgehead atoms. The molecule has 2 aromatic rings. The Hall–Kier alpha value is -1.34. The highest BCUT2D eigenvalue weighted by atomic mass is 35.5. The molecule has 1 saturated heterocycles. The van der Waals surface area contributed by atoms with E-state index >= 15 is 0 Å². The third-order valence-electron chi connectivity index (χ3n) is 4.47. The number of carboxylic acids is 1. The van der Waals surface area contributed by atoms with Gasteiger partial charge in [-0.05, 0) is 17.2 Å². The molecule has 1 heterocycles. The highest BCUT2D eigenvalue weighted by molar-refractivity contribution is 6.31. The van der Waals surface area contributed by atoms with Crippen LogP contribution in [0.4, 0.5) is 0 Å². The quantitative estimate of drug-likeness (QED) is 0.639. The van der Waals surface area contributed by atoms with Crippen LogP contribution in [0.15, 0.2) is 54.6 Å². The van der Waals surface area contributed by atoms with E-state index in [9.17, 15) is 4.79 Å². The summed E-state index contributed by atoms with van der Waals surface area (Å²) in [6.45, 7) is -4.72. The number of hydrogen-bond donors (Lipinski definition) is 1. The molecule has 0 saturated carbocycles. The Bertz CT molecular complexity index is 901. The second-order valence-electron chi connectivity index (χ2n) is 6.25. The van der Waals surface area contributed by atoms with Crippen molar-refractivity contribution in [1.29, 1.82) is 0 Å². The summed E-state index contributed by atoms with van der Waals surface area (Å²) < 4.78 is 37.1. The van der Waals surface area contributed by atoms with Crippen molar-refractivity contribution in [3.63, 3.8) is 0 Å². The zero-order valence-corrected chi connectivity index (χ0v) is 18.1. The number of carbonyl (C=O) groups is 1. The lowest BCUT2D eigenvalue weighted by atomic mass is 9.96. The summed E-state index contributed by atoms with van der Waals surface area (Å²) in [6.07, 6.45) is 0. The lowest BCUT2D eigenvalue weighted by Crippen LogP contribution is -2.48. The van der Waals surface area contributed by atoms with Gasteiger partial charge in [-0.2, -0.15) is 0 Å². The summed E-state index contributed by atoms with van der Waals surface area (Å²) in [5.41, 5.74) is 2.01. The van der Waals surface area contributed by atoms with Crippen molar-refractivity contribution in [3.05, 3.63) is 70.7 Å². The van der Waals surface area contributed by atoms with Gasteiger partial charge in [0.15, 0.2) is 0 Å². The molecule has 3 rings (SSSR count). The van der Waals surface area contributed by atoms with E-state index in [1.165, 1.54) is 4.90 Å². The highest BCUT2D eigenvalue weighted by Crippen LogP contribution is 2.33. The van der Waals surface area contributed by atoms with Gasteiger partial charge in [0.1, 0.15) is 6.61 Å². The minimum atomic E-state index is -2.77. The van der Waals surface area contributed by atoms with Crippen molar-refractivity contribution in [3.8, 4) is 0 Å². The fourth-order valence-corrected chi connectivity index (χ4v) is 3.44. The maximum atomic E-state index is 10.7. The maximum Gasteiger partial charge on any atom is 0.329 e. The molecule has 5 nitrogen and oxygen atoms in total. The van der Waals surface area contributed by atoms with Gasteiger partial charge in [-0.3, -0.25) is 9.80 Å². The van der Waals surface area contributed by atoms with E-state index < -0.39 is 25.6 Å². The van der Waals surface area contributed by atoms with Crippen molar-refractivity contribution in [2.75, 3.05) is 45.8 Å². The first-order valence-corrected chi connectivity index (χ1v) is 9.15. The van der Waals surface area contributed by atoms with E-state index in [1.807, 2.05) is 54.6 Å². The molecule has 29 heavy (non-hydrogen) atoms. The number of aliphatic carboxylic acids is 1. The third kappa shape index (κ3) is 7.45. The molecular formula is C21H27Cl3N2O3. The SMILES string of the molecule is Cl.Cl.[2H]C([2H])(OCC(=O)O)C([2H])([2H])N1CCN(C(c2ccccc2)c2ccccc2Cl)CC1. The molecule has 1 fully saturated rings. The Labute approximate surface area is 195 Å². The van der Waals surface area contributed by atoms with Crippen molar-refractivity contribution in [2.45, 2.75) is 6.04 Å². The Morgan fingerprint density at radius 1 is 1.07 bits per heavy atom. The van der Waals surface area contributed by atoms with E-state index in [0.29, 0.717) is 18.1 Å². The summed E-state index contributed by atoms with van der Waals surface area (Å²) in [7, 11) is 0. The fraction of sp³-hybridized carbons (Fsp3) is 0.381. The fourth-order valence-electron chi connectivity index (χ4n) is 3.21. The zero-order valence-electron chi connectivity index (χ0n) is 19.7. The number of carboxylic acid groups (broad SMARTS) is 1. The van der Waals surface area contributed by atoms with Gasteiger partial charge >= 0.3 is 5.97 Å². The first-order valence-electron chi connectivity index (χ1n) is 10.8. The molecule has 0 spiro atoms. The largest absolute Gasteiger partial charge is 0.480 e. The number of ether oxygens (including phenoxy) is 1. The Balaban J connectivity index is 0.00000272. The topological polar surface area (TPSA) is 53.0 Å². The van der Waals surface area contributed by atoms with Crippen LogP contribution in [0.1, 0.15) is 22.7 Å². The highest BCUT2D eigenvalue weighted by Gasteiger charge is 2.27. The predicted molar refractivity (Wildman–Crippen MR) is 121 cm³/mol.